The molecule has 1 unspecified atom stereocenters. The first kappa shape index (κ1) is 15.2. The second kappa shape index (κ2) is 7.56. The third-order valence-corrected chi connectivity index (χ3v) is 5.34. The largest absolute Gasteiger partial charge is 0.385 e. The number of nitrogens with zero attached hydrogens (tertiary/aromatic N) is 1. The summed E-state index contributed by atoms with van der Waals surface area (Å²) in [6.07, 6.45) is 4.32. The monoisotopic (exact) mass is 283 g/mol. The Kier molecular flexibility index (Phi) is 6.77. The van der Waals surface area contributed by atoms with Crippen LogP contribution in [-0.4, -0.2) is 50.7 Å². The Morgan fingerprint density at radius 1 is 1.41 bits per heavy atom. The average Bonchev–Trinajstić information content (AvgIpc) is 2.30. The first-order valence-electron chi connectivity index (χ1n) is 6.16. The molecule has 0 aromatic carbocycles. The zero-order valence-electron chi connectivity index (χ0n) is 10.4. The molecule has 1 heterocycles. The van der Waals surface area contributed by atoms with Crippen LogP contribution >= 0.6 is 11.6 Å². The molecular formula is C11H22ClNO3S. The lowest BCUT2D eigenvalue weighted by atomic mass is 10.0. The van der Waals surface area contributed by atoms with Crippen LogP contribution in [0.15, 0.2) is 0 Å². The molecule has 0 aromatic heterocycles. The van der Waals surface area contributed by atoms with Gasteiger partial charge in [0.15, 0.2) is 0 Å². The zero-order valence-corrected chi connectivity index (χ0v) is 12.0. The minimum atomic E-state index is -3.13. The molecule has 1 fully saturated rings. The van der Waals surface area contributed by atoms with Crippen LogP contribution in [0.1, 0.15) is 32.1 Å². The average molecular weight is 284 g/mol. The summed E-state index contributed by atoms with van der Waals surface area (Å²) in [4.78, 5) is 0. The van der Waals surface area contributed by atoms with Crippen molar-refractivity contribution in [1.29, 1.82) is 0 Å². The van der Waals surface area contributed by atoms with Crippen LogP contribution in [0, 0.1) is 0 Å². The van der Waals surface area contributed by atoms with Gasteiger partial charge in [-0.15, -0.1) is 11.6 Å². The van der Waals surface area contributed by atoms with Crippen LogP contribution in [0.3, 0.4) is 0 Å². The normalized spacial score (nSPS) is 22.8. The summed E-state index contributed by atoms with van der Waals surface area (Å²) in [5.74, 6) is 0.703. The minimum absolute atomic E-state index is 0.105. The zero-order chi connectivity index (χ0) is 12.7. The Bertz CT molecular complexity index is 306. The van der Waals surface area contributed by atoms with Crippen LogP contribution in [0.5, 0.6) is 0 Å². The maximum atomic E-state index is 12.2. The fourth-order valence-electron chi connectivity index (χ4n) is 2.26. The predicted octanol–water partition coefficient (Wildman–Crippen LogP) is 1.84. The molecule has 17 heavy (non-hydrogen) atoms. The van der Waals surface area contributed by atoms with Crippen LogP contribution in [-0.2, 0) is 14.8 Å². The fourth-order valence-corrected chi connectivity index (χ4v) is 4.30. The van der Waals surface area contributed by atoms with Crippen molar-refractivity contribution in [2.75, 3.05) is 31.9 Å². The highest BCUT2D eigenvalue weighted by molar-refractivity contribution is 7.89. The number of ether oxygens (including phenoxy) is 1. The number of hydrogen-bond acceptors (Lipinski definition) is 3. The number of piperidine rings is 1. The minimum Gasteiger partial charge on any atom is -0.385 e. The Morgan fingerprint density at radius 2 is 2.18 bits per heavy atom. The van der Waals surface area contributed by atoms with Gasteiger partial charge < -0.3 is 4.74 Å². The standard InChI is InChI=1S/C11H22ClNO3S/c1-16-9-4-10-17(14,15)13-8-3-2-5-11(13)6-7-12/h11H,2-10H2,1H3. The van der Waals surface area contributed by atoms with Crippen molar-refractivity contribution in [3.63, 3.8) is 0 Å². The van der Waals surface area contributed by atoms with Gasteiger partial charge in [0, 0.05) is 32.2 Å². The second-order valence-corrected chi connectivity index (χ2v) is 6.82. The summed E-state index contributed by atoms with van der Waals surface area (Å²) in [6.45, 7) is 1.14. The van der Waals surface area contributed by atoms with E-state index < -0.39 is 10.0 Å². The van der Waals surface area contributed by atoms with E-state index in [0.717, 1.165) is 25.7 Å². The van der Waals surface area contributed by atoms with E-state index in [1.807, 2.05) is 0 Å². The van der Waals surface area contributed by atoms with Crippen molar-refractivity contribution < 1.29 is 13.2 Å². The van der Waals surface area contributed by atoms with Gasteiger partial charge in [-0.2, -0.15) is 4.31 Å². The molecule has 0 aliphatic carbocycles. The molecule has 0 bridgehead atoms. The van der Waals surface area contributed by atoms with Gasteiger partial charge in [-0.05, 0) is 25.7 Å². The van der Waals surface area contributed by atoms with Gasteiger partial charge in [-0.1, -0.05) is 6.42 Å². The third-order valence-electron chi connectivity index (χ3n) is 3.12. The molecule has 1 aliphatic rings. The van der Waals surface area contributed by atoms with Crippen LogP contribution in [0.4, 0.5) is 0 Å². The van der Waals surface area contributed by atoms with Crippen molar-refractivity contribution in [3.8, 4) is 0 Å². The smallest absolute Gasteiger partial charge is 0.214 e. The predicted molar refractivity (Wildman–Crippen MR) is 70.0 cm³/mol. The van der Waals surface area contributed by atoms with Crippen LogP contribution in [0.2, 0.25) is 0 Å². The molecule has 0 spiro atoms. The number of hydrogen-bond donors (Lipinski definition) is 0. The molecule has 1 saturated heterocycles. The van der Waals surface area contributed by atoms with Gasteiger partial charge in [0.05, 0.1) is 5.75 Å². The Hall–Kier alpha value is 0.160. The summed E-state index contributed by atoms with van der Waals surface area (Å²) in [6, 6.07) is 0.105. The highest BCUT2D eigenvalue weighted by Crippen LogP contribution is 2.23. The molecule has 1 rings (SSSR count). The van der Waals surface area contributed by atoms with Crippen molar-refractivity contribution in [2.45, 2.75) is 38.1 Å². The third kappa shape index (κ3) is 4.73. The second-order valence-electron chi connectivity index (χ2n) is 4.40. The van der Waals surface area contributed by atoms with E-state index in [-0.39, 0.29) is 11.8 Å². The topological polar surface area (TPSA) is 46.6 Å². The SMILES string of the molecule is COCCCS(=O)(=O)N1CCCCC1CCCl. The van der Waals surface area contributed by atoms with Crippen LogP contribution in [0.25, 0.3) is 0 Å². The summed E-state index contributed by atoms with van der Waals surface area (Å²) in [5.41, 5.74) is 0. The maximum Gasteiger partial charge on any atom is 0.214 e. The molecule has 0 N–H and O–H groups in total. The lowest BCUT2D eigenvalue weighted by Crippen LogP contribution is -2.45. The van der Waals surface area contributed by atoms with E-state index in [1.54, 1.807) is 11.4 Å². The molecule has 0 amide bonds. The van der Waals surface area contributed by atoms with Gasteiger partial charge in [-0.3, -0.25) is 0 Å². The Labute approximate surface area is 109 Å². The maximum absolute atomic E-state index is 12.2. The number of rotatable bonds is 7. The lowest BCUT2D eigenvalue weighted by Gasteiger charge is -2.34. The van der Waals surface area contributed by atoms with Gasteiger partial charge in [0.25, 0.3) is 0 Å². The first-order valence-corrected chi connectivity index (χ1v) is 8.30. The highest BCUT2D eigenvalue weighted by Gasteiger charge is 2.31. The highest BCUT2D eigenvalue weighted by atomic mass is 35.5. The van der Waals surface area contributed by atoms with Gasteiger partial charge in [0.2, 0.25) is 10.0 Å². The van der Waals surface area contributed by atoms with Gasteiger partial charge >= 0.3 is 0 Å². The molecule has 1 aliphatic heterocycles. The van der Waals surface area contributed by atoms with E-state index in [0.29, 0.717) is 25.5 Å². The molecule has 0 saturated carbocycles. The fraction of sp³-hybridized carbons (Fsp3) is 1.00. The lowest BCUT2D eigenvalue weighted by molar-refractivity contribution is 0.198. The van der Waals surface area contributed by atoms with E-state index in [4.69, 9.17) is 16.3 Å². The summed E-state index contributed by atoms with van der Waals surface area (Å²) < 4.78 is 30.9. The Morgan fingerprint density at radius 3 is 2.82 bits per heavy atom. The van der Waals surface area contributed by atoms with E-state index in [9.17, 15) is 8.42 Å². The molecule has 4 nitrogen and oxygen atoms in total. The van der Waals surface area contributed by atoms with Crippen molar-refractivity contribution in [1.82, 2.24) is 4.31 Å². The van der Waals surface area contributed by atoms with Crippen molar-refractivity contribution in [3.05, 3.63) is 0 Å². The number of halogens is 1. The van der Waals surface area contributed by atoms with E-state index >= 15 is 0 Å². The Balaban J connectivity index is 2.59. The van der Waals surface area contributed by atoms with Crippen molar-refractivity contribution >= 4 is 21.6 Å². The number of alkyl halides is 1. The van der Waals surface area contributed by atoms with Crippen molar-refractivity contribution in [2.24, 2.45) is 0 Å². The van der Waals surface area contributed by atoms with Gasteiger partial charge in [0.1, 0.15) is 0 Å². The summed E-state index contributed by atoms with van der Waals surface area (Å²) >= 11 is 5.74. The summed E-state index contributed by atoms with van der Waals surface area (Å²) in [7, 11) is -1.55. The molecule has 6 heteroatoms. The summed E-state index contributed by atoms with van der Waals surface area (Å²) in [5, 5.41) is 0. The quantitative estimate of drug-likeness (QED) is 0.529. The molecule has 0 aromatic rings. The van der Waals surface area contributed by atoms with E-state index in [2.05, 4.69) is 0 Å². The molecule has 1 atom stereocenters. The van der Waals surface area contributed by atoms with Crippen LogP contribution < -0.4 is 0 Å². The first-order chi connectivity index (χ1) is 8.11. The molecule has 0 radical (unpaired) electrons. The van der Waals surface area contributed by atoms with E-state index in [1.165, 1.54) is 0 Å². The number of sulfonamides is 1. The molecule has 102 valence electrons. The number of methoxy groups -OCH3 is 1. The van der Waals surface area contributed by atoms with Gasteiger partial charge in [-0.25, -0.2) is 8.42 Å². The molecular weight excluding hydrogens is 262 g/mol.